The molecule has 0 spiro atoms. The van der Waals surface area contributed by atoms with E-state index < -0.39 is 0 Å². The fourth-order valence-corrected chi connectivity index (χ4v) is 2.60. The first-order valence-corrected chi connectivity index (χ1v) is 5.89. The lowest BCUT2D eigenvalue weighted by molar-refractivity contribution is 0.0983. The standard InChI is InChI=1S/C9H12BrNOS/c10-7-4-6-13-9(7)8(12)3-1-2-5-11/h4,6H,1-3,5,11H2. The van der Waals surface area contributed by atoms with Gasteiger partial charge < -0.3 is 5.73 Å². The lowest BCUT2D eigenvalue weighted by Gasteiger charge is -1.97. The molecule has 1 heterocycles. The van der Waals surface area contributed by atoms with Crippen LogP contribution in [-0.2, 0) is 0 Å². The Morgan fingerprint density at radius 3 is 2.85 bits per heavy atom. The van der Waals surface area contributed by atoms with Gasteiger partial charge in [0, 0.05) is 10.9 Å². The molecule has 13 heavy (non-hydrogen) atoms. The van der Waals surface area contributed by atoms with Gasteiger partial charge in [-0.25, -0.2) is 0 Å². The van der Waals surface area contributed by atoms with Gasteiger partial charge in [0.25, 0.3) is 0 Å². The molecule has 1 aromatic heterocycles. The Hall–Kier alpha value is -0.190. The van der Waals surface area contributed by atoms with Gasteiger partial charge in [0.05, 0.1) is 4.88 Å². The Morgan fingerprint density at radius 1 is 1.54 bits per heavy atom. The molecule has 0 aliphatic heterocycles. The predicted octanol–water partition coefficient (Wildman–Crippen LogP) is 2.82. The van der Waals surface area contributed by atoms with Gasteiger partial charge in [-0.1, -0.05) is 0 Å². The lowest BCUT2D eigenvalue weighted by Crippen LogP contribution is -2.01. The van der Waals surface area contributed by atoms with Crippen LogP contribution in [0.4, 0.5) is 0 Å². The first kappa shape index (κ1) is 10.9. The highest BCUT2D eigenvalue weighted by molar-refractivity contribution is 9.10. The molecule has 0 aliphatic carbocycles. The Kier molecular flexibility index (Phi) is 4.62. The maximum atomic E-state index is 11.5. The molecule has 1 rings (SSSR count). The first-order chi connectivity index (χ1) is 6.25. The van der Waals surface area contributed by atoms with Gasteiger partial charge in [-0.3, -0.25) is 4.79 Å². The molecule has 0 fully saturated rings. The Bertz CT molecular complexity index is 285. The van der Waals surface area contributed by atoms with Gasteiger partial charge in [-0.15, -0.1) is 11.3 Å². The highest BCUT2D eigenvalue weighted by Crippen LogP contribution is 2.24. The second-order valence-corrected chi connectivity index (χ2v) is 4.54. The van der Waals surface area contributed by atoms with Crippen LogP contribution in [0.25, 0.3) is 0 Å². The van der Waals surface area contributed by atoms with E-state index in [9.17, 15) is 4.79 Å². The second kappa shape index (κ2) is 5.52. The summed E-state index contributed by atoms with van der Waals surface area (Å²) in [4.78, 5) is 12.4. The zero-order valence-corrected chi connectivity index (χ0v) is 9.66. The van der Waals surface area contributed by atoms with Gasteiger partial charge >= 0.3 is 0 Å². The zero-order valence-electron chi connectivity index (χ0n) is 7.25. The van der Waals surface area contributed by atoms with E-state index in [1.54, 1.807) is 0 Å². The van der Waals surface area contributed by atoms with Crippen LogP contribution >= 0.6 is 27.3 Å². The number of hydrogen-bond donors (Lipinski definition) is 1. The molecule has 2 N–H and O–H groups in total. The summed E-state index contributed by atoms with van der Waals surface area (Å²) in [5, 5.41) is 1.92. The van der Waals surface area contributed by atoms with E-state index in [1.165, 1.54) is 11.3 Å². The molecule has 0 unspecified atom stereocenters. The summed E-state index contributed by atoms with van der Waals surface area (Å²) in [5.41, 5.74) is 5.35. The van der Waals surface area contributed by atoms with Crippen LogP contribution in [0.2, 0.25) is 0 Å². The van der Waals surface area contributed by atoms with Crippen LogP contribution in [-0.4, -0.2) is 12.3 Å². The van der Waals surface area contributed by atoms with Crippen LogP contribution in [0, 0.1) is 0 Å². The molecule has 0 aromatic carbocycles. The molecule has 0 saturated carbocycles. The minimum Gasteiger partial charge on any atom is -0.330 e. The third-order valence-corrected chi connectivity index (χ3v) is 3.61. The summed E-state index contributed by atoms with van der Waals surface area (Å²) in [6, 6.07) is 1.90. The van der Waals surface area contributed by atoms with Crippen LogP contribution in [0.5, 0.6) is 0 Å². The van der Waals surface area contributed by atoms with E-state index in [-0.39, 0.29) is 5.78 Å². The van der Waals surface area contributed by atoms with Crippen molar-refractivity contribution in [2.45, 2.75) is 19.3 Å². The molecule has 0 aliphatic rings. The summed E-state index contributed by atoms with van der Waals surface area (Å²) in [6.45, 7) is 0.666. The smallest absolute Gasteiger partial charge is 0.173 e. The molecule has 0 saturated heterocycles. The van der Waals surface area contributed by atoms with Crippen LogP contribution in [0.15, 0.2) is 15.9 Å². The fourth-order valence-electron chi connectivity index (χ4n) is 1.04. The Labute approximate surface area is 90.3 Å². The van der Waals surface area contributed by atoms with Crippen molar-refractivity contribution < 1.29 is 4.79 Å². The van der Waals surface area contributed by atoms with Crippen LogP contribution in [0.1, 0.15) is 28.9 Å². The summed E-state index contributed by atoms with van der Waals surface area (Å²) in [7, 11) is 0. The van der Waals surface area contributed by atoms with Gasteiger partial charge in [-0.2, -0.15) is 0 Å². The van der Waals surface area contributed by atoms with Gasteiger partial charge in [-0.05, 0) is 46.8 Å². The highest BCUT2D eigenvalue weighted by Gasteiger charge is 2.10. The third kappa shape index (κ3) is 3.21. The summed E-state index contributed by atoms with van der Waals surface area (Å²) in [5.74, 6) is 0.218. The topological polar surface area (TPSA) is 43.1 Å². The number of Topliss-reactive ketones (excluding diaryl/α,β-unsaturated/α-hetero) is 1. The number of unbranched alkanes of at least 4 members (excludes halogenated alkanes) is 1. The molecule has 72 valence electrons. The first-order valence-electron chi connectivity index (χ1n) is 4.22. The average Bonchev–Trinajstić information content (AvgIpc) is 2.52. The third-order valence-electron chi connectivity index (χ3n) is 1.73. The quantitative estimate of drug-likeness (QED) is 0.655. The van der Waals surface area contributed by atoms with Crippen molar-refractivity contribution in [3.63, 3.8) is 0 Å². The Morgan fingerprint density at radius 2 is 2.31 bits per heavy atom. The molecule has 0 atom stereocenters. The number of ketones is 1. The molecular weight excluding hydrogens is 250 g/mol. The molecular formula is C9H12BrNOS. The van der Waals surface area contributed by atoms with Gasteiger partial charge in [0.1, 0.15) is 0 Å². The maximum Gasteiger partial charge on any atom is 0.173 e. The number of rotatable bonds is 5. The van der Waals surface area contributed by atoms with Crippen molar-refractivity contribution in [1.29, 1.82) is 0 Å². The van der Waals surface area contributed by atoms with Crippen LogP contribution in [0.3, 0.4) is 0 Å². The fraction of sp³-hybridized carbons (Fsp3) is 0.444. The van der Waals surface area contributed by atoms with Crippen molar-refractivity contribution >= 4 is 33.0 Å². The maximum absolute atomic E-state index is 11.5. The molecule has 0 bridgehead atoms. The summed E-state index contributed by atoms with van der Waals surface area (Å²) in [6.07, 6.45) is 2.42. The summed E-state index contributed by atoms with van der Waals surface area (Å²) >= 11 is 4.83. The lowest BCUT2D eigenvalue weighted by atomic mass is 10.1. The average molecular weight is 262 g/mol. The number of thiophene rings is 1. The van der Waals surface area contributed by atoms with E-state index in [2.05, 4.69) is 15.9 Å². The number of nitrogens with two attached hydrogens (primary N) is 1. The van der Waals surface area contributed by atoms with E-state index >= 15 is 0 Å². The number of carbonyl (C=O) groups is 1. The van der Waals surface area contributed by atoms with Gasteiger partial charge in [0.2, 0.25) is 0 Å². The molecule has 0 radical (unpaired) electrons. The minimum absolute atomic E-state index is 0.218. The molecule has 2 nitrogen and oxygen atoms in total. The number of carbonyl (C=O) groups excluding carboxylic acids is 1. The highest BCUT2D eigenvalue weighted by atomic mass is 79.9. The van der Waals surface area contributed by atoms with E-state index in [0.29, 0.717) is 13.0 Å². The summed E-state index contributed by atoms with van der Waals surface area (Å²) < 4.78 is 0.912. The number of halogens is 1. The van der Waals surface area contributed by atoms with Crippen molar-refractivity contribution in [2.24, 2.45) is 5.73 Å². The molecule has 0 amide bonds. The van der Waals surface area contributed by atoms with Crippen molar-refractivity contribution in [3.8, 4) is 0 Å². The normalized spacial score (nSPS) is 10.3. The number of hydrogen-bond acceptors (Lipinski definition) is 3. The van der Waals surface area contributed by atoms with E-state index in [0.717, 1.165) is 22.2 Å². The van der Waals surface area contributed by atoms with Crippen LogP contribution < -0.4 is 5.73 Å². The zero-order chi connectivity index (χ0) is 9.68. The monoisotopic (exact) mass is 261 g/mol. The SMILES string of the molecule is NCCCCC(=O)c1sccc1Br. The largest absolute Gasteiger partial charge is 0.330 e. The van der Waals surface area contributed by atoms with Crippen molar-refractivity contribution in [2.75, 3.05) is 6.54 Å². The predicted molar refractivity (Wildman–Crippen MR) is 59.3 cm³/mol. The van der Waals surface area contributed by atoms with Gasteiger partial charge in [0.15, 0.2) is 5.78 Å². The minimum atomic E-state index is 0.218. The molecule has 1 aromatic rings. The second-order valence-electron chi connectivity index (χ2n) is 2.77. The molecule has 4 heteroatoms. The van der Waals surface area contributed by atoms with E-state index in [4.69, 9.17) is 5.73 Å². The van der Waals surface area contributed by atoms with Crippen molar-refractivity contribution in [3.05, 3.63) is 20.8 Å². The van der Waals surface area contributed by atoms with E-state index in [1.807, 2.05) is 11.4 Å². The van der Waals surface area contributed by atoms with Crippen molar-refractivity contribution in [1.82, 2.24) is 0 Å². The Balaban J connectivity index is 2.45.